The summed E-state index contributed by atoms with van der Waals surface area (Å²) in [5.41, 5.74) is 4.27. The van der Waals surface area contributed by atoms with Crippen molar-refractivity contribution >= 4 is 11.9 Å². The lowest BCUT2D eigenvalue weighted by Gasteiger charge is -2.35. The van der Waals surface area contributed by atoms with Crippen LogP contribution in [0, 0.1) is 6.92 Å². The number of oxazole rings is 1. The van der Waals surface area contributed by atoms with Crippen LogP contribution in [0.1, 0.15) is 15.9 Å². The van der Waals surface area contributed by atoms with Gasteiger partial charge in [0.25, 0.3) is 5.91 Å². The van der Waals surface area contributed by atoms with Gasteiger partial charge in [-0.2, -0.15) is 4.68 Å². The molecule has 0 aliphatic carbocycles. The van der Waals surface area contributed by atoms with Crippen LogP contribution in [-0.2, 0) is 0 Å². The molecule has 1 saturated heterocycles. The fourth-order valence-electron chi connectivity index (χ4n) is 4.50. The van der Waals surface area contributed by atoms with Crippen LogP contribution in [0.4, 0.5) is 5.95 Å². The van der Waals surface area contributed by atoms with Crippen molar-refractivity contribution in [3.63, 3.8) is 0 Å². The molecule has 1 aliphatic rings. The molecule has 0 saturated carbocycles. The second-order valence-electron chi connectivity index (χ2n) is 8.95. The summed E-state index contributed by atoms with van der Waals surface area (Å²) in [6.45, 7) is 4.39. The van der Waals surface area contributed by atoms with E-state index in [1.54, 1.807) is 10.9 Å². The molecule has 184 valence electrons. The number of tetrazole rings is 1. The molecule has 0 atom stereocenters. The molecule has 3 aromatic carbocycles. The predicted molar refractivity (Wildman–Crippen MR) is 139 cm³/mol. The molecule has 0 bridgehead atoms. The smallest absolute Gasteiger partial charge is 0.254 e. The normalized spacial score (nSPS) is 13.6. The average Bonchev–Trinajstić information content (AvgIpc) is 3.65. The number of hydrogen-bond acceptors (Lipinski definition) is 7. The Morgan fingerprint density at radius 3 is 2.38 bits per heavy atom. The molecule has 37 heavy (non-hydrogen) atoms. The van der Waals surface area contributed by atoms with Gasteiger partial charge >= 0.3 is 0 Å². The van der Waals surface area contributed by atoms with Crippen molar-refractivity contribution in [3.8, 4) is 28.5 Å². The molecule has 5 aromatic rings. The van der Waals surface area contributed by atoms with E-state index < -0.39 is 0 Å². The summed E-state index contributed by atoms with van der Waals surface area (Å²) in [5, 5.41) is 12.3. The Balaban J connectivity index is 1.19. The standard InChI is InChI=1S/C28H25N7O2/c1-20-11-13-21(14-12-20)25-19-29-26(37-25)23-9-5-6-10-24(23)27(36)33-15-17-34(18-16-33)28-30-31-32-35(28)22-7-3-2-4-8-22/h2-14,19H,15-18H2,1H3. The lowest BCUT2D eigenvalue weighted by Crippen LogP contribution is -2.49. The summed E-state index contributed by atoms with van der Waals surface area (Å²) in [6.07, 6.45) is 1.71. The third-order valence-corrected chi connectivity index (χ3v) is 6.53. The molecule has 2 aromatic heterocycles. The van der Waals surface area contributed by atoms with Gasteiger partial charge in [-0.3, -0.25) is 4.79 Å². The first kappa shape index (κ1) is 22.7. The Bertz CT molecular complexity index is 1520. The van der Waals surface area contributed by atoms with Gasteiger partial charge in [0.15, 0.2) is 5.76 Å². The quantitative estimate of drug-likeness (QED) is 0.363. The van der Waals surface area contributed by atoms with Crippen molar-refractivity contribution < 1.29 is 9.21 Å². The number of nitrogens with zero attached hydrogens (tertiary/aromatic N) is 7. The molecule has 9 nitrogen and oxygen atoms in total. The SMILES string of the molecule is Cc1ccc(-c2cnc(-c3ccccc3C(=O)N3CCN(c4nnnn4-c4ccccc4)CC3)o2)cc1. The van der Waals surface area contributed by atoms with Crippen LogP contribution < -0.4 is 4.90 Å². The molecule has 1 amide bonds. The van der Waals surface area contributed by atoms with Crippen molar-refractivity contribution in [2.45, 2.75) is 6.92 Å². The van der Waals surface area contributed by atoms with Gasteiger partial charge in [0.05, 0.1) is 17.4 Å². The van der Waals surface area contributed by atoms with Crippen LogP contribution >= 0.6 is 0 Å². The fourth-order valence-corrected chi connectivity index (χ4v) is 4.50. The molecule has 9 heteroatoms. The van der Waals surface area contributed by atoms with Crippen LogP contribution in [0.2, 0.25) is 0 Å². The van der Waals surface area contributed by atoms with E-state index in [2.05, 4.69) is 25.4 Å². The predicted octanol–water partition coefficient (Wildman–Crippen LogP) is 4.26. The van der Waals surface area contributed by atoms with E-state index in [9.17, 15) is 4.79 Å². The van der Waals surface area contributed by atoms with Gasteiger partial charge in [-0.15, -0.1) is 0 Å². The lowest BCUT2D eigenvalue weighted by molar-refractivity contribution is 0.0746. The third-order valence-electron chi connectivity index (χ3n) is 6.53. The maximum absolute atomic E-state index is 13.6. The Kier molecular flexibility index (Phi) is 5.94. The molecule has 0 spiro atoms. The van der Waals surface area contributed by atoms with Gasteiger partial charge < -0.3 is 14.2 Å². The number of benzene rings is 3. The van der Waals surface area contributed by atoms with Crippen LogP contribution in [0.5, 0.6) is 0 Å². The first-order chi connectivity index (χ1) is 18.2. The number of rotatable bonds is 5. The third kappa shape index (κ3) is 4.47. The molecule has 6 rings (SSSR count). The summed E-state index contributed by atoms with van der Waals surface area (Å²) in [4.78, 5) is 22.0. The van der Waals surface area contributed by atoms with Gasteiger partial charge in [-0.25, -0.2) is 4.98 Å². The van der Waals surface area contributed by atoms with Crippen molar-refractivity contribution in [2.75, 3.05) is 31.1 Å². The minimum Gasteiger partial charge on any atom is -0.436 e. The second kappa shape index (κ2) is 9.69. The van der Waals surface area contributed by atoms with E-state index >= 15 is 0 Å². The van der Waals surface area contributed by atoms with Gasteiger partial charge in [0, 0.05) is 37.3 Å². The molecule has 1 aliphatic heterocycles. The minimum atomic E-state index is -0.0482. The maximum atomic E-state index is 13.6. The number of anilines is 1. The molecule has 0 unspecified atom stereocenters. The summed E-state index contributed by atoms with van der Waals surface area (Å²) in [7, 11) is 0. The van der Waals surface area contributed by atoms with Crippen LogP contribution in [0.3, 0.4) is 0 Å². The van der Waals surface area contributed by atoms with Crippen LogP contribution in [0.25, 0.3) is 28.5 Å². The number of carbonyl (C=O) groups is 1. The highest BCUT2D eigenvalue weighted by Crippen LogP contribution is 2.29. The highest BCUT2D eigenvalue weighted by molar-refractivity contribution is 6.00. The van der Waals surface area contributed by atoms with E-state index in [0.29, 0.717) is 54.9 Å². The number of carbonyl (C=O) groups excluding carboxylic acids is 1. The van der Waals surface area contributed by atoms with E-state index in [1.165, 1.54) is 5.56 Å². The first-order valence-electron chi connectivity index (χ1n) is 12.2. The molecule has 3 heterocycles. The number of piperazine rings is 1. The molecule has 1 fully saturated rings. The van der Waals surface area contributed by atoms with Crippen molar-refractivity contribution in [1.82, 2.24) is 30.1 Å². The zero-order valence-electron chi connectivity index (χ0n) is 20.4. The largest absolute Gasteiger partial charge is 0.436 e. The monoisotopic (exact) mass is 491 g/mol. The number of amides is 1. The zero-order valence-corrected chi connectivity index (χ0v) is 20.4. The van der Waals surface area contributed by atoms with Gasteiger partial charge in [-0.1, -0.05) is 65.3 Å². The molecule has 0 N–H and O–H groups in total. The van der Waals surface area contributed by atoms with E-state index in [1.807, 2.05) is 90.7 Å². The van der Waals surface area contributed by atoms with Crippen LogP contribution in [-0.4, -0.2) is 62.2 Å². The number of aromatic nitrogens is 5. The van der Waals surface area contributed by atoms with Crippen molar-refractivity contribution in [3.05, 3.63) is 96.2 Å². The fraction of sp³-hybridized carbons (Fsp3) is 0.179. The Morgan fingerprint density at radius 1 is 0.865 bits per heavy atom. The molecular weight excluding hydrogens is 466 g/mol. The topological polar surface area (TPSA) is 93.2 Å². The zero-order chi connectivity index (χ0) is 25.2. The molecular formula is C28H25N7O2. The van der Waals surface area contributed by atoms with Gasteiger partial charge in [0.1, 0.15) is 0 Å². The highest BCUT2D eigenvalue weighted by atomic mass is 16.4. The van der Waals surface area contributed by atoms with Crippen molar-refractivity contribution in [2.24, 2.45) is 0 Å². The van der Waals surface area contributed by atoms with E-state index in [0.717, 1.165) is 11.3 Å². The second-order valence-corrected chi connectivity index (χ2v) is 8.95. The first-order valence-corrected chi connectivity index (χ1v) is 12.2. The maximum Gasteiger partial charge on any atom is 0.254 e. The summed E-state index contributed by atoms with van der Waals surface area (Å²) < 4.78 is 7.80. The number of hydrogen-bond donors (Lipinski definition) is 0. The summed E-state index contributed by atoms with van der Waals surface area (Å²) in [5.74, 6) is 1.72. The average molecular weight is 492 g/mol. The summed E-state index contributed by atoms with van der Waals surface area (Å²) >= 11 is 0. The van der Waals surface area contributed by atoms with Crippen LogP contribution in [0.15, 0.2) is 89.5 Å². The van der Waals surface area contributed by atoms with Gasteiger partial charge in [0.2, 0.25) is 11.8 Å². The van der Waals surface area contributed by atoms with Crippen molar-refractivity contribution in [1.29, 1.82) is 0 Å². The number of aryl methyl sites for hydroxylation is 1. The Morgan fingerprint density at radius 2 is 1.59 bits per heavy atom. The van der Waals surface area contributed by atoms with E-state index in [-0.39, 0.29) is 5.91 Å². The summed E-state index contributed by atoms with van der Waals surface area (Å²) in [6, 6.07) is 25.3. The lowest BCUT2D eigenvalue weighted by atomic mass is 10.1. The van der Waals surface area contributed by atoms with E-state index in [4.69, 9.17) is 4.42 Å². The Labute approximate surface area is 214 Å². The number of para-hydroxylation sites is 1. The minimum absolute atomic E-state index is 0.0482. The Hall–Kier alpha value is -4.79. The van der Waals surface area contributed by atoms with Gasteiger partial charge in [-0.05, 0) is 41.6 Å². The molecule has 0 radical (unpaired) electrons. The highest BCUT2D eigenvalue weighted by Gasteiger charge is 2.27.